The smallest absolute Gasteiger partial charge is 0.261 e. The Kier molecular flexibility index (Phi) is 4.34. The van der Waals surface area contributed by atoms with Crippen LogP contribution in [0.1, 0.15) is 29.2 Å². The minimum atomic E-state index is -1.84. The van der Waals surface area contributed by atoms with Gasteiger partial charge in [-0.3, -0.25) is 14.5 Å². The van der Waals surface area contributed by atoms with E-state index >= 15 is 0 Å². The Hall–Kier alpha value is -2.90. The zero-order valence-electron chi connectivity index (χ0n) is 17.0. The quantitative estimate of drug-likeness (QED) is 0.808. The maximum Gasteiger partial charge on any atom is 0.261 e. The number of anilines is 1. The number of nitrogens with one attached hydrogen (secondary N) is 1. The first-order valence-electron chi connectivity index (χ1n) is 10.1. The number of ether oxygens (including phenoxy) is 2. The minimum absolute atomic E-state index is 0.0967. The molecule has 0 bridgehead atoms. The molecule has 30 heavy (non-hydrogen) atoms. The van der Waals surface area contributed by atoms with Crippen molar-refractivity contribution in [2.45, 2.75) is 24.5 Å². The summed E-state index contributed by atoms with van der Waals surface area (Å²) in [5.74, 6) is -0.120. The molecular formula is C23H24N2O5. The predicted octanol–water partition coefficient (Wildman–Crippen LogP) is 2.03. The fraction of sp³-hybridized carbons (Fsp3) is 0.391. The van der Waals surface area contributed by atoms with Crippen LogP contribution in [0.4, 0.5) is 5.69 Å². The normalized spacial score (nSPS) is 27.7. The van der Waals surface area contributed by atoms with Crippen LogP contribution in [0.2, 0.25) is 0 Å². The molecule has 3 unspecified atom stereocenters. The Morgan fingerprint density at radius 3 is 2.63 bits per heavy atom. The van der Waals surface area contributed by atoms with Gasteiger partial charge in [0.2, 0.25) is 0 Å². The first-order chi connectivity index (χ1) is 14.5. The second-order valence-corrected chi connectivity index (χ2v) is 8.16. The lowest BCUT2D eigenvalue weighted by Gasteiger charge is -2.45. The van der Waals surface area contributed by atoms with Crippen LogP contribution < -0.4 is 14.8 Å². The van der Waals surface area contributed by atoms with E-state index in [0.717, 1.165) is 24.1 Å². The average Bonchev–Trinajstić information content (AvgIpc) is 3.03. The van der Waals surface area contributed by atoms with E-state index in [-0.39, 0.29) is 18.2 Å². The fourth-order valence-electron chi connectivity index (χ4n) is 5.18. The highest BCUT2D eigenvalue weighted by Gasteiger charge is 2.56. The number of rotatable bonds is 3. The van der Waals surface area contributed by atoms with Crippen LogP contribution in [0.3, 0.4) is 0 Å². The molecule has 3 atom stereocenters. The molecule has 0 radical (unpaired) electrons. The molecular weight excluding hydrogens is 384 g/mol. The first kappa shape index (κ1) is 19.1. The number of Topliss-reactive ketones (excluding diaryl/α,β-unsaturated/α-hetero) is 1. The van der Waals surface area contributed by atoms with Crippen LogP contribution in [0.5, 0.6) is 11.5 Å². The molecule has 156 valence electrons. The molecule has 5 rings (SSSR count). The third-order valence-corrected chi connectivity index (χ3v) is 6.75. The third-order valence-electron chi connectivity index (χ3n) is 6.75. The summed E-state index contributed by atoms with van der Waals surface area (Å²) in [4.78, 5) is 28.2. The summed E-state index contributed by atoms with van der Waals surface area (Å²) in [6.45, 7) is 1.08. The third kappa shape index (κ3) is 2.58. The largest absolute Gasteiger partial charge is 0.493 e. The molecule has 3 aliphatic heterocycles. The molecule has 0 spiro atoms. The average molecular weight is 408 g/mol. The molecule has 3 aliphatic rings. The van der Waals surface area contributed by atoms with Gasteiger partial charge in [0.05, 0.1) is 20.1 Å². The lowest BCUT2D eigenvalue weighted by atomic mass is 9.73. The Bertz CT molecular complexity index is 1050. The number of nitrogens with zero attached hydrogens (tertiary/aromatic N) is 1. The van der Waals surface area contributed by atoms with Crippen LogP contribution in [-0.2, 0) is 21.6 Å². The van der Waals surface area contributed by atoms with Crippen LogP contribution in [-0.4, -0.2) is 49.0 Å². The zero-order chi connectivity index (χ0) is 21.0. The highest BCUT2D eigenvalue weighted by Crippen LogP contribution is 2.47. The molecule has 0 saturated carbocycles. The zero-order valence-corrected chi connectivity index (χ0v) is 17.0. The highest BCUT2D eigenvalue weighted by molar-refractivity contribution is 6.08. The molecule has 0 aromatic heterocycles. The Morgan fingerprint density at radius 1 is 1.13 bits per heavy atom. The number of carbonyl (C=O) groups excluding carboxylic acids is 2. The van der Waals surface area contributed by atoms with Crippen LogP contribution in [0, 0.1) is 5.92 Å². The van der Waals surface area contributed by atoms with Gasteiger partial charge in [0, 0.05) is 36.8 Å². The van der Waals surface area contributed by atoms with Crippen molar-refractivity contribution in [2.75, 3.05) is 32.6 Å². The molecule has 7 nitrogen and oxygen atoms in total. The fourth-order valence-corrected chi connectivity index (χ4v) is 5.18. The van der Waals surface area contributed by atoms with Crippen molar-refractivity contribution in [3.8, 4) is 11.5 Å². The second kappa shape index (κ2) is 6.82. The van der Waals surface area contributed by atoms with Crippen LogP contribution in [0.15, 0.2) is 36.4 Å². The van der Waals surface area contributed by atoms with E-state index in [9.17, 15) is 14.7 Å². The summed E-state index contributed by atoms with van der Waals surface area (Å²) in [5.41, 5.74) is 1.41. The van der Waals surface area contributed by atoms with Gasteiger partial charge < -0.3 is 19.9 Å². The Labute approximate surface area is 174 Å². The van der Waals surface area contributed by atoms with E-state index in [1.54, 1.807) is 38.5 Å². The van der Waals surface area contributed by atoms with Gasteiger partial charge in [0.25, 0.3) is 5.91 Å². The number of piperidine rings is 1. The maximum atomic E-state index is 13.3. The van der Waals surface area contributed by atoms with Crippen molar-refractivity contribution in [3.05, 3.63) is 53.1 Å². The van der Waals surface area contributed by atoms with Gasteiger partial charge in [-0.2, -0.15) is 0 Å². The Morgan fingerprint density at radius 2 is 1.87 bits per heavy atom. The summed E-state index contributed by atoms with van der Waals surface area (Å²) in [5, 5.41) is 14.2. The molecule has 1 saturated heterocycles. The van der Waals surface area contributed by atoms with Gasteiger partial charge in [-0.25, -0.2) is 0 Å². The molecule has 1 amide bonds. The van der Waals surface area contributed by atoms with Crippen molar-refractivity contribution >= 4 is 17.4 Å². The lowest BCUT2D eigenvalue weighted by molar-refractivity contribution is -0.154. The SMILES string of the molecule is COc1cc2c(cc1OC)C1CC(=O)C(C3(O)C(=O)Nc4ccccc43)CN1CC2. The predicted molar refractivity (Wildman–Crippen MR) is 110 cm³/mol. The van der Waals surface area contributed by atoms with Gasteiger partial charge in [0.1, 0.15) is 5.78 Å². The van der Waals surface area contributed by atoms with Crippen molar-refractivity contribution < 1.29 is 24.2 Å². The summed E-state index contributed by atoms with van der Waals surface area (Å²) < 4.78 is 10.9. The van der Waals surface area contributed by atoms with Gasteiger partial charge >= 0.3 is 0 Å². The number of aliphatic hydroxyl groups is 1. The number of amides is 1. The van der Waals surface area contributed by atoms with E-state index in [1.165, 1.54) is 0 Å². The van der Waals surface area contributed by atoms with Crippen molar-refractivity contribution in [1.82, 2.24) is 4.90 Å². The number of methoxy groups -OCH3 is 2. The summed E-state index contributed by atoms with van der Waals surface area (Å²) in [6.07, 6.45) is 1.04. The molecule has 0 aliphatic carbocycles. The summed E-state index contributed by atoms with van der Waals surface area (Å²) in [7, 11) is 3.21. The lowest BCUT2D eigenvalue weighted by Crippen LogP contribution is -2.55. The van der Waals surface area contributed by atoms with E-state index in [1.807, 2.05) is 12.1 Å². The molecule has 3 heterocycles. The number of hydrogen-bond acceptors (Lipinski definition) is 6. The molecule has 7 heteroatoms. The number of hydrogen-bond donors (Lipinski definition) is 2. The van der Waals surface area contributed by atoms with Gasteiger partial charge in [-0.05, 0) is 35.7 Å². The van der Waals surface area contributed by atoms with Gasteiger partial charge in [-0.1, -0.05) is 18.2 Å². The number of ketones is 1. The second-order valence-electron chi connectivity index (χ2n) is 8.16. The van der Waals surface area contributed by atoms with Crippen LogP contribution >= 0.6 is 0 Å². The summed E-state index contributed by atoms with van der Waals surface area (Å²) >= 11 is 0. The molecule has 2 aromatic rings. The number of para-hydroxylation sites is 1. The van der Waals surface area contributed by atoms with Gasteiger partial charge in [0.15, 0.2) is 17.1 Å². The topological polar surface area (TPSA) is 88.1 Å². The number of benzene rings is 2. The first-order valence-corrected chi connectivity index (χ1v) is 10.1. The molecule has 2 aromatic carbocycles. The van der Waals surface area contributed by atoms with Crippen LogP contribution in [0.25, 0.3) is 0 Å². The van der Waals surface area contributed by atoms with E-state index in [2.05, 4.69) is 10.2 Å². The Balaban J connectivity index is 1.50. The van der Waals surface area contributed by atoms with Gasteiger partial charge in [-0.15, -0.1) is 0 Å². The van der Waals surface area contributed by atoms with E-state index < -0.39 is 17.4 Å². The summed E-state index contributed by atoms with van der Waals surface area (Å²) in [6, 6.07) is 10.9. The number of carbonyl (C=O) groups is 2. The number of fused-ring (bicyclic) bond motifs is 4. The molecule has 1 fully saturated rings. The molecule has 2 N–H and O–H groups in total. The van der Waals surface area contributed by atoms with Crippen molar-refractivity contribution in [3.63, 3.8) is 0 Å². The minimum Gasteiger partial charge on any atom is -0.493 e. The monoisotopic (exact) mass is 408 g/mol. The van der Waals surface area contributed by atoms with E-state index in [4.69, 9.17) is 9.47 Å². The van der Waals surface area contributed by atoms with Crippen molar-refractivity contribution in [2.24, 2.45) is 5.92 Å². The van der Waals surface area contributed by atoms with Crippen molar-refractivity contribution in [1.29, 1.82) is 0 Å². The van der Waals surface area contributed by atoms with E-state index in [0.29, 0.717) is 29.3 Å². The standard InChI is InChI=1S/C23H24N2O5/c1-29-20-9-13-7-8-25-12-16(19(26)11-18(25)14(13)10-21(20)30-2)23(28)15-5-3-4-6-17(15)24-22(23)27/h3-6,9-10,16,18,28H,7-8,11-12H2,1-2H3,(H,24,27). The highest BCUT2D eigenvalue weighted by atomic mass is 16.5. The maximum absolute atomic E-state index is 13.3.